The quantitative estimate of drug-likeness (QED) is 0.895. The Kier molecular flexibility index (Phi) is 4.26. The van der Waals surface area contributed by atoms with Gasteiger partial charge in [-0.3, -0.25) is 4.79 Å². The van der Waals surface area contributed by atoms with Crippen molar-refractivity contribution in [3.63, 3.8) is 0 Å². The third-order valence-electron chi connectivity index (χ3n) is 3.53. The maximum Gasteiger partial charge on any atom is 0.261 e. The standard InChI is InChI=1S/C13H17N5O2S/c1-8(9-4-2-3-7-20-9)14-13(19)11-6-5-10(21-11)12-15-17-18-16-12/h5-6,8-9H,2-4,7H2,1H3,(H,14,19)(H,15,16,17,18). The van der Waals surface area contributed by atoms with Crippen molar-refractivity contribution in [2.45, 2.75) is 38.3 Å². The first-order valence-corrected chi connectivity index (χ1v) is 7.82. The summed E-state index contributed by atoms with van der Waals surface area (Å²) in [6, 6.07) is 3.61. The van der Waals surface area contributed by atoms with Gasteiger partial charge < -0.3 is 10.1 Å². The van der Waals surface area contributed by atoms with Gasteiger partial charge in [-0.15, -0.1) is 21.5 Å². The SMILES string of the molecule is CC(NC(=O)c1ccc(-c2nn[nH]n2)s1)C1CCCCO1. The maximum absolute atomic E-state index is 12.3. The van der Waals surface area contributed by atoms with Crippen LogP contribution in [0.3, 0.4) is 0 Å². The number of nitrogens with zero attached hydrogens (tertiary/aromatic N) is 3. The van der Waals surface area contributed by atoms with Gasteiger partial charge in [-0.1, -0.05) is 0 Å². The Morgan fingerprint density at radius 3 is 3.14 bits per heavy atom. The topological polar surface area (TPSA) is 92.8 Å². The number of hydrogen-bond acceptors (Lipinski definition) is 6. The lowest BCUT2D eigenvalue weighted by molar-refractivity contribution is -0.00294. The summed E-state index contributed by atoms with van der Waals surface area (Å²) < 4.78 is 5.70. The second-order valence-electron chi connectivity index (χ2n) is 5.07. The Hall–Kier alpha value is -1.80. The number of H-pyrrole nitrogens is 1. The molecule has 1 saturated heterocycles. The molecule has 3 rings (SSSR count). The monoisotopic (exact) mass is 307 g/mol. The molecule has 1 aliphatic heterocycles. The summed E-state index contributed by atoms with van der Waals surface area (Å²) in [5, 5.41) is 16.7. The number of thiophene rings is 1. The molecule has 0 aromatic carbocycles. The van der Waals surface area contributed by atoms with E-state index in [-0.39, 0.29) is 18.1 Å². The van der Waals surface area contributed by atoms with Gasteiger partial charge in [-0.05, 0) is 43.5 Å². The molecular weight excluding hydrogens is 290 g/mol. The number of hydrogen-bond donors (Lipinski definition) is 2. The highest BCUT2D eigenvalue weighted by Crippen LogP contribution is 2.25. The summed E-state index contributed by atoms with van der Waals surface area (Å²) in [6.07, 6.45) is 3.38. The van der Waals surface area contributed by atoms with E-state index in [1.54, 1.807) is 6.07 Å². The molecule has 2 atom stereocenters. The number of carbonyl (C=O) groups is 1. The van der Waals surface area contributed by atoms with Crippen LogP contribution in [0.15, 0.2) is 12.1 Å². The number of nitrogens with one attached hydrogen (secondary N) is 2. The van der Waals surface area contributed by atoms with E-state index in [4.69, 9.17) is 4.74 Å². The minimum absolute atomic E-state index is 0.00789. The normalized spacial score (nSPS) is 20.1. The van der Waals surface area contributed by atoms with Crippen LogP contribution in [0.1, 0.15) is 35.9 Å². The highest BCUT2D eigenvalue weighted by molar-refractivity contribution is 7.17. The summed E-state index contributed by atoms with van der Waals surface area (Å²) in [5.74, 6) is 0.416. The first-order valence-electron chi connectivity index (χ1n) is 7.00. The van der Waals surface area contributed by atoms with Crippen molar-refractivity contribution in [3.05, 3.63) is 17.0 Å². The molecular formula is C13H17N5O2S. The van der Waals surface area contributed by atoms with Gasteiger partial charge in [0.2, 0.25) is 5.82 Å². The second-order valence-corrected chi connectivity index (χ2v) is 6.15. The predicted molar refractivity (Wildman–Crippen MR) is 78.0 cm³/mol. The lowest BCUT2D eigenvalue weighted by Crippen LogP contribution is -2.43. The van der Waals surface area contributed by atoms with Crippen LogP contribution >= 0.6 is 11.3 Å². The average Bonchev–Trinajstić information content (AvgIpc) is 3.19. The summed E-state index contributed by atoms with van der Waals surface area (Å²) in [6.45, 7) is 2.77. The fraction of sp³-hybridized carbons (Fsp3) is 0.538. The molecule has 1 aliphatic rings. The molecule has 3 heterocycles. The zero-order chi connectivity index (χ0) is 14.7. The van der Waals surface area contributed by atoms with Gasteiger partial charge in [-0.2, -0.15) is 5.21 Å². The number of carbonyl (C=O) groups excluding carboxylic acids is 1. The van der Waals surface area contributed by atoms with Gasteiger partial charge in [0, 0.05) is 6.61 Å². The van der Waals surface area contributed by atoms with Gasteiger partial charge >= 0.3 is 0 Å². The van der Waals surface area contributed by atoms with E-state index < -0.39 is 0 Å². The third-order valence-corrected chi connectivity index (χ3v) is 4.61. The first kappa shape index (κ1) is 14.2. The van der Waals surface area contributed by atoms with Crippen molar-refractivity contribution >= 4 is 17.2 Å². The van der Waals surface area contributed by atoms with Crippen molar-refractivity contribution in [2.24, 2.45) is 0 Å². The van der Waals surface area contributed by atoms with Crippen molar-refractivity contribution < 1.29 is 9.53 Å². The Labute approximate surface area is 126 Å². The fourth-order valence-corrected chi connectivity index (χ4v) is 3.22. The molecule has 7 nitrogen and oxygen atoms in total. The molecule has 1 amide bonds. The number of aromatic amines is 1. The van der Waals surface area contributed by atoms with Crippen LogP contribution in [0.25, 0.3) is 10.7 Å². The number of amides is 1. The first-order chi connectivity index (χ1) is 10.2. The Morgan fingerprint density at radius 1 is 1.52 bits per heavy atom. The second kappa shape index (κ2) is 6.31. The lowest BCUT2D eigenvalue weighted by Gasteiger charge is -2.28. The van der Waals surface area contributed by atoms with Crippen LogP contribution in [0.2, 0.25) is 0 Å². The van der Waals surface area contributed by atoms with Gasteiger partial charge in [0.15, 0.2) is 0 Å². The van der Waals surface area contributed by atoms with Crippen LogP contribution in [0.5, 0.6) is 0 Å². The molecule has 21 heavy (non-hydrogen) atoms. The molecule has 0 bridgehead atoms. The minimum Gasteiger partial charge on any atom is -0.376 e. The molecule has 112 valence electrons. The van der Waals surface area contributed by atoms with E-state index in [0.29, 0.717) is 10.7 Å². The fourth-order valence-electron chi connectivity index (χ4n) is 2.38. The number of ether oxygens (including phenoxy) is 1. The van der Waals surface area contributed by atoms with Crippen molar-refractivity contribution in [3.8, 4) is 10.7 Å². The minimum atomic E-state index is -0.0866. The highest BCUT2D eigenvalue weighted by Gasteiger charge is 2.23. The molecule has 1 fully saturated rings. The summed E-state index contributed by atoms with van der Waals surface area (Å²) >= 11 is 1.35. The van der Waals surface area contributed by atoms with E-state index in [2.05, 4.69) is 25.9 Å². The lowest BCUT2D eigenvalue weighted by atomic mass is 10.0. The highest BCUT2D eigenvalue weighted by atomic mass is 32.1. The van der Waals surface area contributed by atoms with Gasteiger partial charge in [0.05, 0.1) is 21.9 Å². The Balaban J connectivity index is 1.62. The predicted octanol–water partition coefficient (Wildman–Crippen LogP) is 1.62. The molecule has 0 aliphatic carbocycles. The van der Waals surface area contributed by atoms with Crippen molar-refractivity contribution in [1.82, 2.24) is 25.9 Å². The van der Waals surface area contributed by atoms with Crippen LogP contribution in [0, 0.1) is 0 Å². The van der Waals surface area contributed by atoms with Crippen LogP contribution in [-0.4, -0.2) is 45.3 Å². The van der Waals surface area contributed by atoms with Crippen molar-refractivity contribution in [2.75, 3.05) is 6.61 Å². The maximum atomic E-state index is 12.3. The zero-order valence-corrected chi connectivity index (χ0v) is 12.5. The molecule has 0 saturated carbocycles. The smallest absolute Gasteiger partial charge is 0.261 e. The van der Waals surface area contributed by atoms with E-state index in [0.717, 1.165) is 30.7 Å². The van der Waals surface area contributed by atoms with Gasteiger partial charge in [0.1, 0.15) is 0 Å². The molecule has 2 aromatic heterocycles. The van der Waals surface area contributed by atoms with Gasteiger partial charge in [-0.25, -0.2) is 0 Å². The van der Waals surface area contributed by atoms with Crippen LogP contribution in [0.4, 0.5) is 0 Å². The number of rotatable bonds is 4. The molecule has 0 spiro atoms. The molecule has 8 heteroatoms. The molecule has 2 aromatic rings. The van der Waals surface area contributed by atoms with E-state index in [9.17, 15) is 4.79 Å². The third kappa shape index (κ3) is 3.27. The summed E-state index contributed by atoms with van der Waals surface area (Å²) in [5.41, 5.74) is 0. The molecule has 2 unspecified atom stereocenters. The summed E-state index contributed by atoms with van der Waals surface area (Å²) in [7, 11) is 0. The van der Waals surface area contributed by atoms with Crippen LogP contribution in [-0.2, 0) is 4.74 Å². The Bertz CT molecular complexity index is 591. The van der Waals surface area contributed by atoms with E-state index in [1.165, 1.54) is 11.3 Å². The zero-order valence-electron chi connectivity index (χ0n) is 11.7. The molecule has 2 N–H and O–H groups in total. The van der Waals surface area contributed by atoms with Gasteiger partial charge in [0.25, 0.3) is 5.91 Å². The van der Waals surface area contributed by atoms with E-state index >= 15 is 0 Å². The Morgan fingerprint density at radius 2 is 2.43 bits per heavy atom. The van der Waals surface area contributed by atoms with E-state index in [1.807, 2.05) is 13.0 Å². The van der Waals surface area contributed by atoms with Crippen molar-refractivity contribution in [1.29, 1.82) is 0 Å². The van der Waals surface area contributed by atoms with Crippen LogP contribution < -0.4 is 5.32 Å². The average molecular weight is 307 g/mol. The summed E-state index contributed by atoms with van der Waals surface area (Å²) in [4.78, 5) is 13.7. The molecule has 0 radical (unpaired) electrons. The number of tetrazole rings is 1. The number of aromatic nitrogens is 4. The largest absolute Gasteiger partial charge is 0.376 e.